The Balaban J connectivity index is 2.53. The number of ether oxygens (including phenoxy) is 2. The first-order chi connectivity index (χ1) is 7.55. The third-order valence-corrected chi connectivity index (χ3v) is 3.42. The highest BCUT2D eigenvalue weighted by atomic mass is 16.5. The lowest BCUT2D eigenvalue weighted by Crippen LogP contribution is -2.62. The van der Waals surface area contributed by atoms with Gasteiger partial charge in [-0.05, 0) is 40.0 Å². The normalized spacial score (nSPS) is 22.0. The van der Waals surface area contributed by atoms with Crippen molar-refractivity contribution >= 4 is 5.97 Å². The van der Waals surface area contributed by atoms with E-state index in [4.69, 9.17) is 9.47 Å². The second kappa shape index (κ2) is 5.64. The van der Waals surface area contributed by atoms with E-state index in [0.29, 0.717) is 6.61 Å². The average Bonchev–Trinajstić information content (AvgIpc) is 2.22. The van der Waals surface area contributed by atoms with Gasteiger partial charge in [0.25, 0.3) is 0 Å². The van der Waals surface area contributed by atoms with Crippen LogP contribution in [0.25, 0.3) is 0 Å². The second-order valence-corrected chi connectivity index (χ2v) is 4.52. The van der Waals surface area contributed by atoms with Crippen molar-refractivity contribution in [2.75, 3.05) is 13.7 Å². The molecular formula is C12H23NO3. The SMILES string of the molecule is CCO[C@@H](C)C(C)NC1(C(=O)OC)CCC1. The van der Waals surface area contributed by atoms with Crippen LogP contribution >= 0.6 is 0 Å². The lowest BCUT2D eigenvalue weighted by Gasteiger charge is -2.42. The first-order valence-corrected chi connectivity index (χ1v) is 6.03. The summed E-state index contributed by atoms with van der Waals surface area (Å²) in [6.45, 7) is 6.73. The number of nitrogens with one attached hydrogen (secondary N) is 1. The molecule has 1 rings (SSSR count). The summed E-state index contributed by atoms with van der Waals surface area (Å²) >= 11 is 0. The average molecular weight is 229 g/mol. The van der Waals surface area contributed by atoms with Gasteiger partial charge < -0.3 is 9.47 Å². The van der Waals surface area contributed by atoms with Crippen molar-refractivity contribution in [3.63, 3.8) is 0 Å². The van der Waals surface area contributed by atoms with Gasteiger partial charge in [-0.1, -0.05) is 0 Å². The van der Waals surface area contributed by atoms with Crippen molar-refractivity contribution in [2.45, 2.75) is 57.7 Å². The van der Waals surface area contributed by atoms with Gasteiger partial charge in [0, 0.05) is 12.6 Å². The van der Waals surface area contributed by atoms with E-state index in [2.05, 4.69) is 5.32 Å². The molecule has 16 heavy (non-hydrogen) atoms. The van der Waals surface area contributed by atoms with Crippen LogP contribution in [0.1, 0.15) is 40.0 Å². The molecule has 1 fully saturated rings. The van der Waals surface area contributed by atoms with E-state index in [1.54, 1.807) is 0 Å². The zero-order valence-corrected chi connectivity index (χ0v) is 10.7. The van der Waals surface area contributed by atoms with Gasteiger partial charge in [0.15, 0.2) is 0 Å². The molecule has 2 atom stereocenters. The van der Waals surface area contributed by atoms with Gasteiger partial charge in [0.2, 0.25) is 0 Å². The zero-order chi connectivity index (χ0) is 12.2. The molecule has 1 N–H and O–H groups in total. The van der Waals surface area contributed by atoms with Crippen molar-refractivity contribution in [3.8, 4) is 0 Å². The van der Waals surface area contributed by atoms with E-state index in [1.165, 1.54) is 7.11 Å². The summed E-state index contributed by atoms with van der Waals surface area (Å²) in [5, 5.41) is 3.37. The van der Waals surface area contributed by atoms with Crippen LogP contribution in [0.15, 0.2) is 0 Å². The van der Waals surface area contributed by atoms with Crippen LogP contribution in [0.3, 0.4) is 0 Å². The summed E-state index contributed by atoms with van der Waals surface area (Å²) < 4.78 is 10.4. The number of carbonyl (C=O) groups is 1. The third kappa shape index (κ3) is 2.74. The molecule has 0 aliphatic heterocycles. The highest BCUT2D eigenvalue weighted by Crippen LogP contribution is 2.33. The molecule has 1 unspecified atom stereocenters. The molecule has 1 aliphatic rings. The topological polar surface area (TPSA) is 47.6 Å². The fraction of sp³-hybridized carbons (Fsp3) is 0.917. The summed E-state index contributed by atoms with van der Waals surface area (Å²) in [6, 6.07) is 0.152. The highest BCUT2D eigenvalue weighted by molar-refractivity contribution is 5.81. The number of esters is 1. The molecule has 1 aliphatic carbocycles. The number of hydrogen-bond acceptors (Lipinski definition) is 4. The second-order valence-electron chi connectivity index (χ2n) is 4.52. The Morgan fingerprint density at radius 3 is 2.44 bits per heavy atom. The van der Waals surface area contributed by atoms with Crippen LogP contribution in [-0.4, -0.2) is 37.4 Å². The first-order valence-electron chi connectivity index (χ1n) is 6.03. The highest BCUT2D eigenvalue weighted by Gasteiger charge is 2.46. The van der Waals surface area contributed by atoms with Crippen molar-refractivity contribution in [2.24, 2.45) is 0 Å². The summed E-state index contributed by atoms with van der Waals surface area (Å²) in [5.41, 5.74) is -0.459. The van der Waals surface area contributed by atoms with E-state index in [9.17, 15) is 4.79 Å². The molecule has 0 aromatic heterocycles. The maximum absolute atomic E-state index is 11.7. The monoisotopic (exact) mass is 229 g/mol. The molecule has 0 radical (unpaired) electrons. The quantitative estimate of drug-likeness (QED) is 0.701. The van der Waals surface area contributed by atoms with Crippen LogP contribution < -0.4 is 5.32 Å². The van der Waals surface area contributed by atoms with Crippen molar-refractivity contribution in [3.05, 3.63) is 0 Å². The number of methoxy groups -OCH3 is 1. The summed E-state index contributed by atoms with van der Waals surface area (Å²) in [4.78, 5) is 11.7. The Bertz CT molecular complexity index is 238. The minimum atomic E-state index is -0.459. The summed E-state index contributed by atoms with van der Waals surface area (Å²) in [6.07, 6.45) is 2.91. The number of hydrogen-bond donors (Lipinski definition) is 1. The largest absolute Gasteiger partial charge is 0.468 e. The summed E-state index contributed by atoms with van der Waals surface area (Å²) in [5.74, 6) is -0.144. The zero-order valence-electron chi connectivity index (χ0n) is 10.7. The van der Waals surface area contributed by atoms with E-state index < -0.39 is 5.54 Å². The molecule has 4 nitrogen and oxygen atoms in total. The fourth-order valence-electron chi connectivity index (χ4n) is 2.09. The lowest BCUT2D eigenvalue weighted by atomic mass is 9.76. The van der Waals surface area contributed by atoms with E-state index in [0.717, 1.165) is 19.3 Å². The van der Waals surface area contributed by atoms with Crippen LogP contribution in [0, 0.1) is 0 Å². The Hall–Kier alpha value is -0.610. The number of carbonyl (C=O) groups excluding carboxylic acids is 1. The third-order valence-electron chi connectivity index (χ3n) is 3.42. The Labute approximate surface area is 97.7 Å². The van der Waals surface area contributed by atoms with Gasteiger partial charge in [-0.3, -0.25) is 10.1 Å². The maximum atomic E-state index is 11.7. The fourth-order valence-corrected chi connectivity index (χ4v) is 2.09. The van der Waals surface area contributed by atoms with Crippen LogP contribution in [0.2, 0.25) is 0 Å². The minimum absolute atomic E-state index is 0.104. The molecule has 0 amide bonds. The predicted octanol–water partition coefficient (Wildman–Crippen LogP) is 1.49. The van der Waals surface area contributed by atoms with Gasteiger partial charge in [0.05, 0.1) is 13.2 Å². The molecule has 4 heteroatoms. The van der Waals surface area contributed by atoms with Crippen molar-refractivity contribution in [1.29, 1.82) is 0 Å². The summed E-state index contributed by atoms with van der Waals surface area (Å²) in [7, 11) is 1.45. The van der Waals surface area contributed by atoms with E-state index in [-0.39, 0.29) is 18.1 Å². The minimum Gasteiger partial charge on any atom is -0.468 e. The first kappa shape index (κ1) is 13.5. The number of rotatable bonds is 6. The van der Waals surface area contributed by atoms with Crippen LogP contribution in [0.5, 0.6) is 0 Å². The van der Waals surface area contributed by atoms with Gasteiger partial charge in [0.1, 0.15) is 5.54 Å². The molecule has 0 spiro atoms. The maximum Gasteiger partial charge on any atom is 0.326 e. The standard InChI is InChI=1S/C12H23NO3/c1-5-16-10(3)9(2)13-12(7-6-8-12)11(14)15-4/h9-10,13H,5-8H2,1-4H3/t9?,10-/m0/s1. The molecule has 0 aromatic rings. The Morgan fingerprint density at radius 2 is 2.06 bits per heavy atom. The van der Waals surface area contributed by atoms with E-state index >= 15 is 0 Å². The predicted molar refractivity (Wildman–Crippen MR) is 62.3 cm³/mol. The molecule has 0 aromatic carbocycles. The Morgan fingerprint density at radius 1 is 1.44 bits per heavy atom. The molecule has 94 valence electrons. The van der Waals surface area contributed by atoms with Gasteiger partial charge in [-0.25, -0.2) is 0 Å². The smallest absolute Gasteiger partial charge is 0.326 e. The molecule has 1 saturated carbocycles. The van der Waals surface area contributed by atoms with Gasteiger partial charge >= 0.3 is 5.97 Å². The van der Waals surface area contributed by atoms with Gasteiger partial charge in [-0.15, -0.1) is 0 Å². The van der Waals surface area contributed by atoms with Crippen molar-refractivity contribution in [1.82, 2.24) is 5.32 Å². The Kier molecular flexibility index (Phi) is 4.74. The molecule has 0 bridgehead atoms. The van der Waals surface area contributed by atoms with Crippen molar-refractivity contribution < 1.29 is 14.3 Å². The van der Waals surface area contributed by atoms with E-state index in [1.807, 2.05) is 20.8 Å². The molecule has 0 saturated heterocycles. The molecular weight excluding hydrogens is 206 g/mol. The van der Waals surface area contributed by atoms with Gasteiger partial charge in [-0.2, -0.15) is 0 Å². The lowest BCUT2D eigenvalue weighted by molar-refractivity contribution is -0.153. The van der Waals surface area contributed by atoms with Crippen LogP contribution in [0.4, 0.5) is 0 Å². The molecule has 0 heterocycles. The van der Waals surface area contributed by atoms with Crippen LogP contribution in [-0.2, 0) is 14.3 Å².